The van der Waals surface area contributed by atoms with Gasteiger partial charge in [0.1, 0.15) is 17.3 Å². The number of carbonyl (C=O) groups excluding carboxylic acids is 2. The first-order valence-corrected chi connectivity index (χ1v) is 10.3. The summed E-state index contributed by atoms with van der Waals surface area (Å²) < 4.78 is 28.8. The average Bonchev–Trinajstić information content (AvgIpc) is 3.19. The first-order valence-electron chi connectivity index (χ1n) is 10.3. The molecule has 0 aliphatic carbocycles. The Morgan fingerprint density at radius 1 is 1.03 bits per heavy atom. The normalized spacial score (nSPS) is 13.8. The Morgan fingerprint density at radius 2 is 1.75 bits per heavy atom. The summed E-state index contributed by atoms with van der Waals surface area (Å²) >= 11 is 0. The lowest BCUT2D eigenvalue weighted by atomic mass is 10.1. The zero-order chi connectivity index (χ0) is 22.7. The highest BCUT2D eigenvalue weighted by molar-refractivity contribution is 6.01. The fourth-order valence-electron chi connectivity index (χ4n) is 3.75. The minimum atomic E-state index is -0.815. The number of rotatable bonds is 5. The third kappa shape index (κ3) is 4.61. The van der Waals surface area contributed by atoms with E-state index in [9.17, 15) is 18.4 Å². The van der Waals surface area contributed by atoms with E-state index in [1.165, 1.54) is 16.9 Å². The zero-order valence-corrected chi connectivity index (χ0v) is 17.6. The molecule has 0 saturated carbocycles. The quantitative estimate of drug-likeness (QED) is 0.663. The van der Waals surface area contributed by atoms with E-state index in [1.54, 1.807) is 11.9 Å². The van der Waals surface area contributed by atoms with Crippen molar-refractivity contribution in [3.05, 3.63) is 71.9 Å². The monoisotopic (exact) mass is 439 g/mol. The van der Waals surface area contributed by atoms with Gasteiger partial charge in [0.2, 0.25) is 5.91 Å². The number of halogens is 2. The van der Waals surface area contributed by atoms with Crippen molar-refractivity contribution in [3.8, 4) is 11.3 Å². The molecule has 3 aromatic rings. The minimum absolute atomic E-state index is 0.0144. The van der Waals surface area contributed by atoms with Crippen molar-refractivity contribution in [2.45, 2.75) is 0 Å². The Bertz CT molecular complexity index is 1120. The molecule has 2 heterocycles. The van der Waals surface area contributed by atoms with Gasteiger partial charge < -0.3 is 15.1 Å². The molecule has 0 bridgehead atoms. The van der Waals surface area contributed by atoms with Crippen molar-refractivity contribution in [2.24, 2.45) is 7.05 Å². The summed E-state index contributed by atoms with van der Waals surface area (Å²) in [5.41, 5.74) is 1.33. The average molecular weight is 439 g/mol. The SMILES string of the molecule is Cn1cc(C(=O)NCC(=O)N2CCN(c3ccccc3)CC2)c(-c2ccc(F)cc2F)n1. The van der Waals surface area contributed by atoms with E-state index in [4.69, 9.17) is 0 Å². The summed E-state index contributed by atoms with van der Waals surface area (Å²) in [4.78, 5) is 29.2. The van der Waals surface area contributed by atoms with E-state index in [0.717, 1.165) is 17.8 Å². The largest absolute Gasteiger partial charge is 0.368 e. The molecule has 1 aliphatic rings. The van der Waals surface area contributed by atoms with E-state index in [2.05, 4.69) is 15.3 Å². The number of nitrogens with zero attached hydrogens (tertiary/aromatic N) is 4. The molecule has 2 aromatic carbocycles. The Kier molecular flexibility index (Phi) is 6.16. The maximum atomic E-state index is 14.2. The Balaban J connectivity index is 1.37. The fraction of sp³-hybridized carbons (Fsp3) is 0.261. The highest BCUT2D eigenvalue weighted by Crippen LogP contribution is 2.25. The van der Waals surface area contributed by atoms with Gasteiger partial charge >= 0.3 is 0 Å². The van der Waals surface area contributed by atoms with E-state index in [1.807, 2.05) is 30.3 Å². The molecular formula is C23H23F2N5O2. The number of piperazine rings is 1. The molecule has 1 saturated heterocycles. The van der Waals surface area contributed by atoms with Crippen molar-refractivity contribution in [1.29, 1.82) is 0 Å². The minimum Gasteiger partial charge on any atom is -0.368 e. The fourth-order valence-corrected chi connectivity index (χ4v) is 3.75. The van der Waals surface area contributed by atoms with E-state index < -0.39 is 17.5 Å². The topological polar surface area (TPSA) is 70.5 Å². The van der Waals surface area contributed by atoms with Crippen LogP contribution in [-0.2, 0) is 11.8 Å². The van der Waals surface area contributed by atoms with Crippen LogP contribution < -0.4 is 10.2 Å². The number of hydrogen-bond acceptors (Lipinski definition) is 4. The van der Waals surface area contributed by atoms with Gasteiger partial charge in [-0.05, 0) is 24.3 Å². The molecule has 1 N–H and O–H groups in total. The van der Waals surface area contributed by atoms with Gasteiger partial charge in [0, 0.05) is 56.7 Å². The van der Waals surface area contributed by atoms with Gasteiger partial charge in [-0.25, -0.2) is 8.78 Å². The molecule has 1 fully saturated rings. The maximum absolute atomic E-state index is 14.2. The lowest BCUT2D eigenvalue weighted by Gasteiger charge is -2.36. The van der Waals surface area contributed by atoms with Gasteiger partial charge in [0.15, 0.2) is 0 Å². The summed E-state index contributed by atoms with van der Waals surface area (Å²) in [6, 6.07) is 13.1. The molecule has 166 valence electrons. The smallest absolute Gasteiger partial charge is 0.255 e. The number of nitrogens with one attached hydrogen (secondary N) is 1. The maximum Gasteiger partial charge on any atom is 0.255 e. The lowest BCUT2D eigenvalue weighted by Crippen LogP contribution is -2.51. The number of carbonyl (C=O) groups is 2. The van der Waals surface area contributed by atoms with E-state index in [0.29, 0.717) is 26.2 Å². The predicted molar refractivity (Wildman–Crippen MR) is 116 cm³/mol. The van der Waals surface area contributed by atoms with Gasteiger partial charge in [-0.2, -0.15) is 5.10 Å². The Morgan fingerprint density at radius 3 is 2.44 bits per heavy atom. The van der Waals surface area contributed by atoms with E-state index >= 15 is 0 Å². The second-order valence-corrected chi connectivity index (χ2v) is 7.58. The molecule has 0 unspecified atom stereocenters. The van der Waals surface area contributed by atoms with Crippen LogP contribution in [0.3, 0.4) is 0 Å². The second-order valence-electron chi connectivity index (χ2n) is 7.58. The number of para-hydroxylation sites is 1. The van der Waals surface area contributed by atoms with Gasteiger partial charge in [-0.15, -0.1) is 0 Å². The second kappa shape index (κ2) is 9.17. The summed E-state index contributed by atoms with van der Waals surface area (Å²) in [5, 5.41) is 6.74. The Hall–Kier alpha value is -3.75. The van der Waals surface area contributed by atoms with Crippen molar-refractivity contribution in [2.75, 3.05) is 37.6 Å². The highest BCUT2D eigenvalue weighted by Gasteiger charge is 2.24. The van der Waals surface area contributed by atoms with Crippen LogP contribution in [0.2, 0.25) is 0 Å². The molecule has 0 spiro atoms. The standard InChI is InChI=1S/C23H23F2N5O2/c1-28-15-19(22(27-28)18-8-7-16(24)13-20(18)25)23(32)26-14-21(31)30-11-9-29(10-12-30)17-5-3-2-4-6-17/h2-8,13,15H,9-12,14H2,1H3,(H,26,32). The first-order chi connectivity index (χ1) is 15.4. The molecule has 0 radical (unpaired) electrons. The van der Waals surface area contributed by atoms with Gasteiger partial charge in [-0.3, -0.25) is 14.3 Å². The third-order valence-corrected chi connectivity index (χ3v) is 5.41. The van der Waals surface area contributed by atoms with Crippen LogP contribution in [0.5, 0.6) is 0 Å². The van der Waals surface area contributed by atoms with Crippen molar-refractivity contribution in [1.82, 2.24) is 20.0 Å². The molecule has 4 rings (SSSR count). The summed E-state index contributed by atoms with van der Waals surface area (Å²) in [7, 11) is 1.60. The van der Waals surface area contributed by atoms with Crippen LogP contribution in [-0.4, -0.2) is 59.2 Å². The van der Waals surface area contributed by atoms with Crippen LogP contribution in [0.4, 0.5) is 14.5 Å². The molecule has 1 aromatic heterocycles. The van der Waals surface area contributed by atoms with Gasteiger partial charge in [0.05, 0.1) is 12.1 Å². The number of aryl methyl sites for hydroxylation is 1. The molecule has 9 heteroatoms. The predicted octanol–water partition coefficient (Wildman–Crippen LogP) is 2.44. The molecule has 7 nitrogen and oxygen atoms in total. The van der Waals surface area contributed by atoms with Crippen LogP contribution in [0, 0.1) is 11.6 Å². The van der Waals surface area contributed by atoms with Crippen LogP contribution in [0.25, 0.3) is 11.3 Å². The third-order valence-electron chi connectivity index (χ3n) is 5.41. The van der Waals surface area contributed by atoms with Crippen LogP contribution in [0.15, 0.2) is 54.7 Å². The number of benzene rings is 2. The van der Waals surface area contributed by atoms with Crippen molar-refractivity contribution in [3.63, 3.8) is 0 Å². The Labute approximate surface area is 184 Å². The van der Waals surface area contributed by atoms with Gasteiger partial charge in [0.25, 0.3) is 5.91 Å². The number of amides is 2. The zero-order valence-electron chi connectivity index (χ0n) is 17.6. The van der Waals surface area contributed by atoms with Gasteiger partial charge in [-0.1, -0.05) is 18.2 Å². The van der Waals surface area contributed by atoms with Crippen LogP contribution in [0.1, 0.15) is 10.4 Å². The van der Waals surface area contributed by atoms with Crippen molar-refractivity contribution < 1.29 is 18.4 Å². The molecule has 0 atom stereocenters. The summed E-state index contributed by atoms with van der Waals surface area (Å²) in [5.74, 6) is -2.27. The van der Waals surface area contributed by atoms with Crippen LogP contribution >= 0.6 is 0 Å². The lowest BCUT2D eigenvalue weighted by molar-refractivity contribution is -0.130. The molecule has 2 amide bonds. The summed E-state index contributed by atoms with van der Waals surface area (Å²) in [6.07, 6.45) is 1.44. The first kappa shape index (κ1) is 21.5. The summed E-state index contributed by atoms with van der Waals surface area (Å²) in [6.45, 7) is 2.36. The number of aromatic nitrogens is 2. The molecule has 1 aliphatic heterocycles. The number of hydrogen-bond donors (Lipinski definition) is 1. The van der Waals surface area contributed by atoms with Crippen molar-refractivity contribution >= 4 is 17.5 Å². The highest BCUT2D eigenvalue weighted by atomic mass is 19.1. The van der Waals surface area contributed by atoms with E-state index in [-0.39, 0.29) is 29.3 Å². The molecular weight excluding hydrogens is 416 g/mol. The number of anilines is 1. The molecule has 32 heavy (non-hydrogen) atoms.